The Hall–Kier alpha value is -3.19. The Balaban J connectivity index is 1.07. The molecule has 0 bridgehead atoms. The maximum Gasteiger partial charge on any atom is 0.286 e. The van der Waals surface area contributed by atoms with E-state index in [4.69, 9.17) is 23.2 Å². The molecule has 0 aliphatic carbocycles. The predicted molar refractivity (Wildman–Crippen MR) is 161 cm³/mol. The molecular formula is C26H24Cl2N8O2S2. The summed E-state index contributed by atoms with van der Waals surface area (Å²) < 4.78 is 8.31. The van der Waals surface area contributed by atoms with Crippen molar-refractivity contribution in [3.8, 4) is 0 Å². The Kier molecular flexibility index (Phi) is 7.92. The number of hydrogen-bond acceptors (Lipinski definition) is 10. The lowest BCUT2D eigenvalue weighted by molar-refractivity contribution is -0.113. The number of pyridine rings is 1. The number of amidine groups is 1. The number of amides is 2. The minimum atomic E-state index is -0.268. The van der Waals surface area contributed by atoms with E-state index in [1.807, 2.05) is 35.2 Å². The number of carbonyl (C=O) groups is 2. The molecule has 2 aromatic heterocycles. The van der Waals surface area contributed by atoms with Crippen LogP contribution in [0.2, 0.25) is 10.2 Å². The van der Waals surface area contributed by atoms with Crippen molar-refractivity contribution in [1.29, 1.82) is 0 Å². The molecule has 0 atom stereocenters. The number of hydrogen-bond donors (Lipinski definition) is 0. The third kappa shape index (κ3) is 5.67. The average molecular weight is 616 g/mol. The van der Waals surface area contributed by atoms with Crippen molar-refractivity contribution in [2.45, 2.75) is 0 Å². The van der Waals surface area contributed by atoms with E-state index in [1.165, 1.54) is 11.8 Å². The van der Waals surface area contributed by atoms with Crippen molar-refractivity contribution in [2.75, 3.05) is 62.2 Å². The van der Waals surface area contributed by atoms with E-state index in [9.17, 15) is 9.59 Å². The summed E-state index contributed by atoms with van der Waals surface area (Å²) in [5, 5.41) is 1.72. The van der Waals surface area contributed by atoms with Crippen LogP contribution in [0.4, 0.5) is 11.6 Å². The molecule has 3 aliphatic heterocycles. The molecule has 6 rings (SSSR count). The van der Waals surface area contributed by atoms with Gasteiger partial charge in [-0.05, 0) is 47.7 Å². The SMILES string of the molecule is O=C1N=C(N2CCN(c3nsnc3Cl)CC2)SC1=Cc1cccc(C(=O)N2CCN(c3ncccc3Cl)CC2)c1. The highest BCUT2D eigenvalue weighted by Crippen LogP contribution is 2.32. The molecule has 2 fully saturated rings. The molecular weight excluding hydrogens is 591 g/mol. The third-order valence-corrected chi connectivity index (χ3v) is 9.14. The van der Waals surface area contributed by atoms with E-state index < -0.39 is 0 Å². The molecule has 1 aromatic carbocycles. The highest BCUT2D eigenvalue weighted by atomic mass is 35.5. The van der Waals surface area contributed by atoms with Crippen LogP contribution in [0, 0.1) is 0 Å². The van der Waals surface area contributed by atoms with Crippen LogP contribution in [0.1, 0.15) is 15.9 Å². The number of aliphatic imine (C=N–C) groups is 1. The first-order chi connectivity index (χ1) is 19.5. The van der Waals surface area contributed by atoms with Crippen LogP contribution >= 0.6 is 46.7 Å². The fraction of sp³-hybridized carbons (Fsp3) is 0.308. The highest BCUT2D eigenvalue weighted by Gasteiger charge is 2.30. The lowest BCUT2D eigenvalue weighted by Crippen LogP contribution is -2.49. The summed E-state index contributed by atoms with van der Waals surface area (Å²) in [6, 6.07) is 11.0. The first kappa shape index (κ1) is 27.0. The molecule has 0 N–H and O–H groups in total. The number of thioether (sulfide) groups is 1. The van der Waals surface area contributed by atoms with Crippen molar-refractivity contribution >= 4 is 81.4 Å². The van der Waals surface area contributed by atoms with Gasteiger partial charge < -0.3 is 19.6 Å². The number of anilines is 2. The summed E-state index contributed by atoms with van der Waals surface area (Å²) in [6.45, 7) is 5.27. The molecule has 40 heavy (non-hydrogen) atoms. The fourth-order valence-electron chi connectivity index (χ4n) is 4.83. The number of halogens is 2. The minimum absolute atomic E-state index is 0.0392. The molecule has 206 valence electrons. The van der Waals surface area contributed by atoms with Gasteiger partial charge in [0.25, 0.3) is 11.8 Å². The molecule has 5 heterocycles. The monoisotopic (exact) mass is 614 g/mol. The number of benzene rings is 1. The zero-order valence-electron chi connectivity index (χ0n) is 21.2. The van der Waals surface area contributed by atoms with Crippen LogP contribution in [0.25, 0.3) is 6.08 Å². The van der Waals surface area contributed by atoms with Gasteiger partial charge in [0.05, 0.1) is 21.7 Å². The van der Waals surface area contributed by atoms with Crippen LogP contribution in [0.3, 0.4) is 0 Å². The van der Waals surface area contributed by atoms with Gasteiger partial charge in [-0.2, -0.15) is 13.7 Å². The van der Waals surface area contributed by atoms with Gasteiger partial charge in [0.2, 0.25) is 0 Å². The number of carbonyl (C=O) groups excluding carboxylic acids is 2. The fourth-order valence-corrected chi connectivity index (χ4v) is 6.82. The second-order valence-corrected chi connectivity index (χ2v) is 11.7. The second kappa shape index (κ2) is 11.7. The smallest absolute Gasteiger partial charge is 0.286 e. The summed E-state index contributed by atoms with van der Waals surface area (Å²) in [7, 11) is 0. The van der Waals surface area contributed by atoms with E-state index in [0.29, 0.717) is 84.0 Å². The van der Waals surface area contributed by atoms with Gasteiger partial charge >= 0.3 is 0 Å². The lowest BCUT2D eigenvalue weighted by Gasteiger charge is -2.35. The molecule has 2 saturated heterocycles. The molecule has 2 amide bonds. The summed E-state index contributed by atoms with van der Waals surface area (Å²) in [5.74, 6) is 1.14. The zero-order chi connectivity index (χ0) is 27.6. The largest absolute Gasteiger partial charge is 0.352 e. The van der Waals surface area contributed by atoms with Crippen LogP contribution in [-0.4, -0.2) is 92.9 Å². The van der Waals surface area contributed by atoms with Gasteiger partial charge in [0.15, 0.2) is 16.1 Å². The van der Waals surface area contributed by atoms with Gasteiger partial charge in [-0.25, -0.2) is 4.98 Å². The van der Waals surface area contributed by atoms with Crippen molar-refractivity contribution in [3.63, 3.8) is 0 Å². The number of piperazine rings is 2. The first-order valence-corrected chi connectivity index (χ1v) is 15.0. The quantitative estimate of drug-likeness (QED) is 0.404. The van der Waals surface area contributed by atoms with E-state index in [2.05, 4.69) is 33.4 Å². The van der Waals surface area contributed by atoms with Gasteiger partial charge in [-0.1, -0.05) is 35.3 Å². The summed E-state index contributed by atoms with van der Waals surface area (Å²) in [6.07, 6.45) is 3.52. The lowest BCUT2D eigenvalue weighted by atomic mass is 10.1. The van der Waals surface area contributed by atoms with Crippen LogP contribution in [-0.2, 0) is 4.79 Å². The first-order valence-electron chi connectivity index (χ1n) is 12.7. The van der Waals surface area contributed by atoms with Gasteiger partial charge in [-0.3, -0.25) is 9.59 Å². The third-order valence-electron chi connectivity index (χ3n) is 6.93. The van der Waals surface area contributed by atoms with Gasteiger partial charge in [0, 0.05) is 64.1 Å². The molecule has 0 unspecified atom stereocenters. The Bertz CT molecular complexity index is 1500. The zero-order valence-corrected chi connectivity index (χ0v) is 24.4. The van der Waals surface area contributed by atoms with E-state index in [-0.39, 0.29) is 11.8 Å². The molecule has 0 spiro atoms. The van der Waals surface area contributed by atoms with Crippen LogP contribution in [0.5, 0.6) is 0 Å². The van der Waals surface area contributed by atoms with Gasteiger partial charge in [-0.15, -0.1) is 0 Å². The average Bonchev–Trinajstić information content (AvgIpc) is 3.58. The van der Waals surface area contributed by atoms with Crippen molar-refractivity contribution in [3.05, 3.63) is 68.8 Å². The Morgan fingerprint density at radius 2 is 1.60 bits per heavy atom. The molecule has 0 saturated carbocycles. The normalized spacial score (nSPS) is 19.0. The minimum Gasteiger partial charge on any atom is -0.352 e. The molecule has 3 aliphatic rings. The highest BCUT2D eigenvalue weighted by molar-refractivity contribution is 8.18. The van der Waals surface area contributed by atoms with Crippen molar-refractivity contribution in [1.82, 2.24) is 23.5 Å². The van der Waals surface area contributed by atoms with E-state index in [1.54, 1.807) is 18.3 Å². The maximum absolute atomic E-state index is 13.3. The maximum atomic E-state index is 13.3. The van der Waals surface area contributed by atoms with E-state index in [0.717, 1.165) is 23.1 Å². The van der Waals surface area contributed by atoms with E-state index >= 15 is 0 Å². The van der Waals surface area contributed by atoms with Crippen molar-refractivity contribution < 1.29 is 9.59 Å². The van der Waals surface area contributed by atoms with Crippen molar-refractivity contribution in [2.24, 2.45) is 4.99 Å². The second-order valence-electron chi connectivity index (χ2n) is 9.38. The van der Waals surface area contributed by atoms with Crippen LogP contribution in [0.15, 0.2) is 52.5 Å². The number of aromatic nitrogens is 3. The Morgan fingerprint density at radius 1 is 0.875 bits per heavy atom. The predicted octanol–water partition coefficient (Wildman–Crippen LogP) is 3.99. The topological polar surface area (TPSA) is 98.1 Å². The molecule has 0 radical (unpaired) electrons. The van der Waals surface area contributed by atoms with Gasteiger partial charge in [0.1, 0.15) is 5.82 Å². The summed E-state index contributed by atoms with van der Waals surface area (Å²) in [5.41, 5.74) is 1.37. The summed E-state index contributed by atoms with van der Waals surface area (Å²) in [4.78, 5) is 43.3. The Labute approximate surface area is 249 Å². The Morgan fingerprint density at radius 3 is 2.33 bits per heavy atom. The molecule has 10 nitrogen and oxygen atoms in total. The summed E-state index contributed by atoms with van der Waals surface area (Å²) >= 11 is 14.9. The number of rotatable bonds is 4. The molecule has 3 aromatic rings. The number of nitrogens with zero attached hydrogens (tertiary/aromatic N) is 8. The standard InChI is InChI=1S/C26H24Cl2N8O2S2/c27-19-5-2-6-29-22(19)33-7-11-35(12-8-33)25(38)18-4-1-3-17(15-18)16-20-24(37)30-26(39-20)36-13-9-34(10-14-36)23-21(28)31-40-32-23/h1-6,15-16H,7-14H2. The van der Waals surface area contributed by atoms with Crippen LogP contribution < -0.4 is 9.80 Å². The molecule has 14 heteroatoms.